The second kappa shape index (κ2) is 27.4. The number of unbranched alkanes of at least 4 members (excludes halogenated alkanes) is 6. The van der Waals surface area contributed by atoms with E-state index >= 15 is 0 Å². The molecule has 0 aliphatic heterocycles. The van der Waals surface area contributed by atoms with Crippen molar-refractivity contribution in [1.29, 1.82) is 0 Å². The van der Waals surface area contributed by atoms with Crippen LogP contribution in [0.15, 0.2) is 0 Å². The third-order valence-corrected chi connectivity index (χ3v) is 7.26. The highest BCUT2D eigenvalue weighted by Crippen LogP contribution is 2.17. The van der Waals surface area contributed by atoms with Crippen LogP contribution in [0.5, 0.6) is 0 Å². The second-order valence-corrected chi connectivity index (χ2v) is 10.6. The third-order valence-electron chi connectivity index (χ3n) is 7.26. The Bertz CT molecular complexity index is 335. The van der Waals surface area contributed by atoms with E-state index in [0.29, 0.717) is 0 Å². The molecule has 0 aliphatic rings. The maximum atomic E-state index is 10.2. The van der Waals surface area contributed by atoms with Crippen LogP contribution in [0.2, 0.25) is 0 Å². The molecule has 5 nitrogen and oxygen atoms in total. The fourth-order valence-corrected chi connectivity index (χ4v) is 4.66. The van der Waals surface area contributed by atoms with Crippen molar-refractivity contribution in [2.75, 3.05) is 46.3 Å². The zero-order valence-electron chi connectivity index (χ0n) is 25.0. The molecule has 0 spiro atoms. The van der Waals surface area contributed by atoms with Gasteiger partial charge in [-0.3, -0.25) is 0 Å². The fraction of sp³-hybridized carbons (Fsp3) is 1.00. The summed E-state index contributed by atoms with van der Waals surface area (Å²) in [7, 11) is 2.21. The Morgan fingerprint density at radius 3 is 0.971 bits per heavy atom. The van der Waals surface area contributed by atoms with Crippen molar-refractivity contribution in [3.63, 3.8) is 0 Å². The average molecular weight is 493 g/mol. The molecule has 1 unspecified atom stereocenters. The van der Waals surface area contributed by atoms with Crippen LogP contribution in [-0.4, -0.2) is 77.6 Å². The summed E-state index contributed by atoms with van der Waals surface area (Å²) >= 11 is 0. The van der Waals surface area contributed by atoms with Crippen molar-refractivity contribution in [3.8, 4) is 0 Å². The lowest BCUT2D eigenvalue weighted by Gasteiger charge is -2.39. The molecule has 3 N–H and O–H groups in total. The van der Waals surface area contributed by atoms with Crippen molar-refractivity contribution in [1.82, 2.24) is 0 Å². The van der Waals surface area contributed by atoms with Crippen LogP contribution in [0.25, 0.3) is 0 Å². The van der Waals surface area contributed by atoms with Crippen LogP contribution in [0.3, 0.4) is 0 Å². The molecule has 0 bridgehead atoms. The van der Waals surface area contributed by atoms with Gasteiger partial charge < -0.3 is 25.0 Å². The van der Waals surface area contributed by atoms with Crippen LogP contribution >= 0.6 is 0 Å². The summed E-state index contributed by atoms with van der Waals surface area (Å²) in [5, 5.41) is 10.2. The van der Waals surface area contributed by atoms with Gasteiger partial charge in [0.15, 0.2) is 6.23 Å². The smallest absolute Gasteiger partial charge is 0.190 e. The predicted octanol–water partition coefficient (Wildman–Crippen LogP) is 7.80. The Kier molecular flexibility index (Phi) is 33.0. The Labute approximate surface area is 216 Å². The van der Waals surface area contributed by atoms with E-state index in [9.17, 15) is 5.11 Å². The van der Waals surface area contributed by atoms with E-state index in [4.69, 9.17) is 0 Å². The second-order valence-electron chi connectivity index (χ2n) is 10.6. The van der Waals surface area contributed by atoms with E-state index in [-0.39, 0.29) is 17.2 Å². The molecule has 0 amide bonds. The number of quaternary nitrogens is 2. The zero-order chi connectivity index (χ0) is 24.7. The number of hydrogen-bond donors (Lipinski definition) is 1. The molecule has 5 heteroatoms. The van der Waals surface area contributed by atoms with Gasteiger partial charge in [-0.1, -0.05) is 87.0 Å². The summed E-state index contributed by atoms with van der Waals surface area (Å²) in [6.45, 7) is 23.8. The Hall–Kier alpha value is -0.200. The Balaban J connectivity index is -0.000000252. The summed E-state index contributed by atoms with van der Waals surface area (Å²) < 4.78 is 2.28. The molecule has 0 aromatic heterocycles. The van der Waals surface area contributed by atoms with Crippen molar-refractivity contribution in [2.24, 2.45) is 0 Å². The molecule has 0 aliphatic carbocycles. The summed E-state index contributed by atoms with van der Waals surface area (Å²) in [5.41, 5.74) is 0. The molecule has 0 fully saturated rings. The molecular formula is C29H68N2O3. The maximum absolute atomic E-state index is 10.2. The summed E-state index contributed by atoms with van der Waals surface area (Å²) in [4.78, 5) is 0. The summed E-state index contributed by atoms with van der Waals surface area (Å²) in [6.07, 6.45) is 17.8. The molecular weight excluding hydrogens is 424 g/mol. The Morgan fingerprint density at radius 2 is 0.735 bits per heavy atom. The van der Waals surface area contributed by atoms with Gasteiger partial charge in [0, 0.05) is 6.42 Å². The van der Waals surface area contributed by atoms with Gasteiger partial charge in [-0.05, 0) is 44.9 Å². The first-order valence-electron chi connectivity index (χ1n) is 14.7. The molecule has 0 saturated heterocycles. The minimum absolute atomic E-state index is 0. The molecule has 34 heavy (non-hydrogen) atoms. The van der Waals surface area contributed by atoms with Gasteiger partial charge in [-0.2, -0.15) is 0 Å². The van der Waals surface area contributed by atoms with E-state index in [1.54, 1.807) is 0 Å². The molecule has 0 rings (SSSR count). The summed E-state index contributed by atoms with van der Waals surface area (Å²) in [5.74, 6) is 0. The highest BCUT2D eigenvalue weighted by molar-refractivity contribution is 4.50. The largest absolute Gasteiger partial charge is 0.870 e. The van der Waals surface area contributed by atoms with Crippen LogP contribution in [0.4, 0.5) is 0 Å². The number of hydrogen-bond acceptors (Lipinski definition) is 3. The monoisotopic (exact) mass is 493 g/mol. The van der Waals surface area contributed by atoms with E-state index < -0.39 is 0 Å². The number of aliphatic hydroxyl groups is 1. The highest BCUT2D eigenvalue weighted by atomic mass is 16.3. The van der Waals surface area contributed by atoms with Gasteiger partial charge >= 0.3 is 0 Å². The molecule has 0 aromatic carbocycles. The van der Waals surface area contributed by atoms with Gasteiger partial charge in [0.05, 0.1) is 46.3 Å². The van der Waals surface area contributed by atoms with E-state index in [0.717, 1.165) is 30.4 Å². The summed E-state index contributed by atoms with van der Waals surface area (Å²) in [6, 6.07) is 0. The minimum atomic E-state index is -0.159. The molecule has 212 valence electrons. The lowest BCUT2D eigenvalue weighted by molar-refractivity contribution is -0.955. The topological polar surface area (TPSA) is 80.2 Å². The predicted molar refractivity (Wildman–Crippen MR) is 150 cm³/mol. The molecule has 0 heterocycles. The van der Waals surface area contributed by atoms with Crippen molar-refractivity contribution in [2.45, 2.75) is 145 Å². The van der Waals surface area contributed by atoms with Gasteiger partial charge in [0.1, 0.15) is 0 Å². The average Bonchev–Trinajstić information content (AvgIpc) is 2.81. The lowest BCUT2D eigenvalue weighted by atomic mass is 10.1. The van der Waals surface area contributed by atoms with Gasteiger partial charge in [0.2, 0.25) is 0 Å². The van der Waals surface area contributed by atoms with Crippen molar-refractivity contribution >= 4 is 0 Å². The molecule has 0 radical (unpaired) electrons. The standard InChI is InChI=1S/C16H36N.C13H30NO.2H2O/c1-5-9-13-17(14-10-6-2,15-11-7-3)16-12-8-4;1-5-8-11-14(4,12-9-6-2)13(15)10-7-3;;/h5-16H2,1-4H3;13,15H,5-12H2,1-4H3;2*1H2/q2*+1;;/p-2. The number of rotatable bonds is 21. The first-order chi connectivity index (χ1) is 15.3. The lowest BCUT2D eigenvalue weighted by Crippen LogP contribution is -2.53. The van der Waals surface area contributed by atoms with E-state index in [1.165, 1.54) is 108 Å². The van der Waals surface area contributed by atoms with Crippen molar-refractivity contribution in [3.05, 3.63) is 0 Å². The first-order valence-corrected chi connectivity index (χ1v) is 14.7. The number of aliphatic hydroxyl groups excluding tert-OH is 1. The molecule has 0 saturated carbocycles. The molecule has 1 atom stereocenters. The Morgan fingerprint density at radius 1 is 0.471 bits per heavy atom. The van der Waals surface area contributed by atoms with Gasteiger partial charge in [-0.15, -0.1) is 0 Å². The SMILES string of the molecule is CCCC[N+](C)(CCCC)C(O)CCC.CCCC[N+](CCCC)(CCCC)CCCC.[OH-].[OH-]. The maximum Gasteiger partial charge on any atom is 0.190 e. The van der Waals surface area contributed by atoms with Gasteiger partial charge in [-0.25, -0.2) is 0 Å². The van der Waals surface area contributed by atoms with E-state index in [2.05, 4.69) is 55.5 Å². The minimum Gasteiger partial charge on any atom is -0.870 e. The van der Waals surface area contributed by atoms with Crippen LogP contribution in [-0.2, 0) is 0 Å². The fourth-order valence-electron chi connectivity index (χ4n) is 4.66. The third kappa shape index (κ3) is 20.0. The molecule has 0 aromatic rings. The van der Waals surface area contributed by atoms with Crippen LogP contribution in [0, 0.1) is 0 Å². The zero-order valence-corrected chi connectivity index (χ0v) is 25.0. The van der Waals surface area contributed by atoms with E-state index in [1.807, 2.05) is 0 Å². The normalized spacial score (nSPS) is 12.3. The highest BCUT2D eigenvalue weighted by Gasteiger charge is 2.28. The number of nitrogens with zero attached hydrogens (tertiary/aromatic N) is 2. The van der Waals surface area contributed by atoms with Crippen LogP contribution < -0.4 is 0 Å². The quantitative estimate of drug-likeness (QED) is 0.131. The van der Waals surface area contributed by atoms with Gasteiger partial charge in [0.25, 0.3) is 0 Å². The first kappa shape index (κ1) is 40.9. The van der Waals surface area contributed by atoms with Crippen molar-refractivity contribution < 1.29 is 25.0 Å². The van der Waals surface area contributed by atoms with Crippen LogP contribution in [0.1, 0.15) is 138 Å².